The summed E-state index contributed by atoms with van der Waals surface area (Å²) < 4.78 is 18.2. The Labute approximate surface area is 98.8 Å². The molecule has 17 heavy (non-hydrogen) atoms. The number of anilines is 1. The summed E-state index contributed by atoms with van der Waals surface area (Å²) in [6.07, 6.45) is 0. The van der Waals surface area contributed by atoms with Gasteiger partial charge in [0.05, 0.1) is 0 Å². The molecule has 5 heteroatoms. The molecule has 0 aliphatic rings. The molecule has 1 N–H and O–H groups in total. The van der Waals surface area contributed by atoms with Crippen molar-refractivity contribution in [2.24, 2.45) is 0 Å². The number of halogens is 1. The van der Waals surface area contributed by atoms with E-state index in [1.54, 1.807) is 0 Å². The molecule has 0 fully saturated rings. The van der Waals surface area contributed by atoms with Crippen LogP contribution in [0.5, 0.6) is 0 Å². The second-order valence-corrected chi connectivity index (χ2v) is 4.24. The summed E-state index contributed by atoms with van der Waals surface area (Å²) in [5.41, 5.74) is 1.44. The number of hydrogen-bond donors (Lipinski definition) is 1. The second kappa shape index (κ2) is 4.53. The molecule has 90 valence electrons. The largest absolute Gasteiger partial charge is 0.336 e. The van der Waals surface area contributed by atoms with Crippen molar-refractivity contribution in [3.8, 4) is 11.4 Å². The van der Waals surface area contributed by atoms with E-state index in [-0.39, 0.29) is 11.9 Å². The average Bonchev–Trinajstić information content (AvgIpc) is 2.63. The van der Waals surface area contributed by atoms with Crippen molar-refractivity contribution in [1.82, 2.24) is 10.1 Å². The first-order valence-electron chi connectivity index (χ1n) is 5.42. The van der Waals surface area contributed by atoms with Crippen LogP contribution in [0, 0.1) is 12.7 Å². The quantitative estimate of drug-likeness (QED) is 0.888. The number of aryl methyl sites for hydroxylation is 1. The van der Waals surface area contributed by atoms with Crippen molar-refractivity contribution in [3.05, 3.63) is 29.6 Å². The minimum Gasteiger partial charge on any atom is -0.336 e. The van der Waals surface area contributed by atoms with E-state index in [4.69, 9.17) is 4.52 Å². The van der Waals surface area contributed by atoms with Gasteiger partial charge in [-0.25, -0.2) is 4.39 Å². The maximum atomic E-state index is 13.2. The Hall–Kier alpha value is -1.91. The van der Waals surface area contributed by atoms with E-state index < -0.39 is 0 Å². The summed E-state index contributed by atoms with van der Waals surface area (Å²) in [5.74, 6) is 0.0823. The van der Waals surface area contributed by atoms with Crippen LogP contribution in [0.2, 0.25) is 0 Å². The molecule has 0 bridgehead atoms. The molecule has 0 aliphatic heterocycles. The standard InChI is InChI=1S/C12H14FN3O/c1-7(2)14-12-15-11(16-17-12)9-4-8(3)5-10(13)6-9/h4-7H,1-3H3,(H,14,15,16). The minimum absolute atomic E-state index is 0.206. The molecule has 0 unspecified atom stereocenters. The predicted molar refractivity (Wildman–Crippen MR) is 63.2 cm³/mol. The smallest absolute Gasteiger partial charge is 0.321 e. The number of rotatable bonds is 3. The molecule has 0 spiro atoms. The Kier molecular flexibility index (Phi) is 3.08. The molecule has 0 aliphatic carbocycles. The van der Waals surface area contributed by atoms with Crippen molar-refractivity contribution in [3.63, 3.8) is 0 Å². The van der Waals surface area contributed by atoms with Crippen LogP contribution in [-0.2, 0) is 0 Å². The van der Waals surface area contributed by atoms with E-state index in [2.05, 4.69) is 15.5 Å². The van der Waals surface area contributed by atoms with Gasteiger partial charge in [-0.3, -0.25) is 0 Å². The van der Waals surface area contributed by atoms with E-state index in [0.29, 0.717) is 17.4 Å². The van der Waals surface area contributed by atoms with Gasteiger partial charge in [0.25, 0.3) is 0 Å². The maximum absolute atomic E-state index is 13.2. The molecule has 2 aromatic rings. The van der Waals surface area contributed by atoms with Gasteiger partial charge < -0.3 is 9.84 Å². The Bertz CT molecular complexity index is 502. The van der Waals surface area contributed by atoms with Crippen molar-refractivity contribution >= 4 is 6.01 Å². The van der Waals surface area contributed by atoms with E-state index in [9.17, 15) is 4.39 Å². The fourth-order valence-corrected chi connectivity index (χ4v) is 1.51. The first-order chi connectivity index (χ1) is 8.04. The van der Waals surface area contributed by atoms with Crippen molar-refractivity contribution in [2.45, 2.75) is 26.8 Å². The molecule has 0 atom stereocenters. The lowest BCUT2D eigenvalue weighted by Crippen LogP contribution is -2.09. The van der Waals surface area contributed by atoms with Gasteiger partial charge in [0.1, 0.15) is 5.82 Å². The van der Waals surface area contributed by atoms with Gasteiger partial charge in [0.2, 0.25) is 5.82 Å². The SMILES string of the molecule is Cc1cc(F)cc(-c2noc(NC(C)C)n2)c1. The molecule has 4 nitrogen and oxygen atoms in total. The van der Waals surface area contributed by atoms with Gasteiger partial charge in [-0.15, -0.1) is 0 Å². The third-order valence-electron chi connectivity index (χ3n) is 2.14. The number of aromatic nitrogens is 2. The van der Waals surface area contributed by atoms with Crippen molar-refractivity contribution in [2.75, 3.05) is 5.32 Å². The van der Waals surface area contributed by atoms with E-state index in [1.165, 1.54) is 12.1 Å². The monoisotopic (exact) mass is 235 g/mol. The Balaban J connectivity index is 2.30. The molecule has 0 saturated carbocycles. The highest BCUT2D eigenvalue weighted by Gasteiger charge is 2.10. The van der Waals surface area contributed by atoms with E-state index in [0.717, 1.165) is 5.56 Å². The highest BCUT2D eigenvalue weighted by Crippen LogP contribution is 2.20. The molecule has 1 aromatic heterocycles. The summed E-state index contributed by atoms with van der Waals surface area (Å²) >= 11 is 0. The van der Waals surface area contributed by atoms with Crippen LogP contribution >= 0.6 is 0 Å². The van der Waals surface area contributed by atoms with Crippen LogP contribution in [0.3, 0.4) is 0 Å². The van der Waals surface area contributed by atoms with Gasteiger partial charge in [-0.1, -0.05) is 5.16 Å². The minimum atomic E-state index is -0.303. The van der Waals surface area contributed by atoms with Gasteiger partial charge in [0, 0.05) is 11.6 Å². The summed E-state index contributed by atoms with van der Waals surface area (Å²) in [5, 5.41) is 6.80. The van der Waals surface area contributed by atoms with Gasteiger partial charge in [-0.05, 0) is 44.5 Å². The first kappa shape index (κ1) is 11.6. The summed E-state index contributed by atoms with van der Waals surface area (Å²) in [4.78, 5) is 4.15. The third-order valence-corrected chi connectivity index (χ3v) is 2.14. The van der Waals surface area contributed by atoms with Crippen molar-refractivity contribution in [1.29, 1.82) is 0 Å². The molecule has 0 saturated heterocycles. The highest BCUT2D eigenvalue weighted by molar-refractivity contribution is 5.56. The van der Waals surface area contributed by atoms with Crippen LogP contribution < -0.4 is 5.32 Å². The zero-order chi connectivity index (χ0) is 12.4. The zero-order valence-electron chi connectivity index (χ0n) is 9.99. The van der Waals surface area contributed by atoms with E-state index in [1.807, 2.05) is 26.8 Å². The molecule has 1 heterocycles. The van der Waals surface area contributed by atoms with Gasteiger partial charge >= 0.3 is 6.01 Å². The summed E-state index contributed by atoms with van der Waals surface area (Å²) in [6.45, 7) is 5.76. The topological polar surface area (TPSA) is 51.0 Å². The molecule has 0 radical (unpaired) electrons. The summed E-state index contributed by atoms with van der Waals surface area (Å²) in [6, 6.07) is 5.20. The number of nitrogens with zero attached hydrogens (tertiary/aromatic N) is 2. The lowest BCUT2D eigenvalue weighted by molar-refractivity contribution is 0.429. The normalized spacial score (nSPS) is 10.9. The Morgan fingerprint density at radius 2 is 2.06 bits per heavy atom. The lowest BCUT2D eigenvalue weighted by atomic mass is 10.1. The number of nitrogens with one attached hydrogen (secondary N) is 1. The molecule has 2 rings (SSSR count). The Morgan fingerprint density at radius 3 is 2.71 bits per heavy atom. The first-order valence-corrected chi connectivity index (χ1v) is 5.42. The fourth-order valence-electron chi connectivity index (χ4n) is 1.51. The summed E-state index contributed by atoms with van der Waals surface area (Å²) in [7, 11) is 0. The van der Waals surface area contributed by atoms with Gasteiger partial charge in [0.15, 0.2) is 0 Å². The van der Waals surface area contributed by atoms with Crippen LogP contribution in [0.15, 0.2) is 22.7 Å². The van der Waals surface area contributed by atoms with Gasteiger partial charge in [-0.2, -0.15) is 4.98 Å². The zero-order valence-corrected chi connectivity index (χ0v) is 9.99. The average molecular weight is 235 g/mol. The molecule has 1 aromatic carbocycles. The lowest BCUT2D eigenvalue weighted by Gasteiger charge is -2.01. The number of benzene rings is 1. The Morgan fingerprint density at radius 1 is 1.29 bits per heavy atom. The van der Waals surface area contributed by atoms with Crippen LogP contribution in [0.4, 0.5) is 10.4 Å². The molecular weight excluding hydrogens is 221 g/mol. The van der Waals surface area contributed by atoms with Crippen LogP contribution in [0.1, 0.15) is 19.4 Å². The predicted octanol–water partition coefficient (Wildman–Crippen LogP) is 3.00. The molecule has 0 amide bonds. The fraction of sp³-hybridized carbons (Fsp3) is 0.333. The maximum Gasteiger partial charge on any atom is 0.321 e. The van der Waals surface area contributed by atoms with Crippen molar-refractivity contribution < 1.29 is 8.91 Å². The number of hydrogen-bond acceptors (Lipinski definition) is 4. The second-order valence-electron chi connectivity index (χ2n) is 4.24. The molecular formula is C12H14FN3O. The van der Waals surface area contributed by atoms with Crippen LogP contribution in [-0.4, -0.2) is 16.2 Å². The van der Waals surface area contributed by atoms with E-state index >= 15 is 0 Å². The third kappa shape index (κ3) is 2.81. The van der Waals surface area contributed by atoms with Crippen LogP contribution in [0.25, 0.3) is 11.4 Å². The highest BCUT2D eigenvalue weighted by atomic mass is 19.1.